The molecule has 0 aliphatic carbocycles. The van der Waals surface area contributed by atoms with Crippen LogP contribution in [0.1, 0.15) is 6.92 Å². The monoisotopic (exact) mass is 207 g/mol. The molecule has 6 heteroatoms. The standard InChI is InChI=1S/C8H17NO5/c1-2-14-7(9)5-12-3-4-13-6-8(10)11/h7H,2-6,9H2,1H3,(H,10,11). The molecule has 0 amide bonds. The summed E-state index contributed by atoms with van der Waals surface area (Å²) in [4.78, 5) is 10.0. The van der Waals surface area contributed by atoms with Gasteiger partial charge in [0.1, 0.15) is 12.8 Å². The Hall–Kier alpha value is -0.690. The van der Waals surface area contributed by atoms with E-state index in [1.165, 1.54) is 0 Å². The van der Waals surface area contributed by atoms with Crippen LogP contribution >= 0.6 is 0 Å². The Morgan fingerprint density at radius 2 is 2.07 bits per heavy atom. The van der Waals surface area contributed by atoms with Crippen molar-refractivity contribution in [2.24, 2.45) is 5.73 Å². The molecule has 1 atom stereocenters. The zero-order valence-electron chi connectivity index (χ0n) is 8.27. The Bertz CT molecular complexity index is 153. The maximum absolute atomic E-state index is 10.0. The summed E-state index contributed by atoms with van der Waals surface area (Å²) in [6.07, 6.45) is -0.431. The van der Waals surface area contributed by atoms with Gasteiger partial charge in [-0.05, 0) is 6.92 Å². The van der Waals surface area contributed by atoms with Crippen LogP contribution in [-0.4, -0.2) is 50.3 Å². The lowest BCUT2D eigenvalue weighted by molar-refractivity contribution is -0.142. The highest BCUT2D eigenvalue weighted by atomic mass is 16.6. The summed E-state index contributed by atoms with van der Waals surface area (Å²) in [6.45, 7) is 2.92. The van der Waals surface area contributed by atoms with E-state index >= 15 is 0 Å². The summed E-state index contributed by atoms with van der Waals surface area (Å²) < 4.78 is 14.8. The minimum absolute atomic E-state index is 0.241. The van der Waals surface area contributed by atoms with Gasteiger partial charge in [-0.25, -0.2) is 4.79 Å². The first-order chi connectivity index (χ1) is 6.66. The van der Waals surface area contributed by atoms with Gasteiger partial charge in [0.25, 0.3) is 0 Å². The van der Waals surface area contributed by atoms with E-state index in [1.807, 2.05) is 6.92 Å². The third kappa shape index (κ3) is 9.40. The van der Waals surface area contributed by atoms with Crippen LogP contribution in [-0.2, 0) is 19.0 Å². The molecule has 0 saturated carbocycles. The van der Waals surface area contributed by atoms with Gasteiger partial charge >= 0.3 is 5.97 Å². The van der Waals surface area contributed by atoms with Crippen LogP contribution < -0.4 is 5.73 Å². The SMILES string of the molecule is CCOC(N)COCCOCC(=O)O. The normalized spacial score (nSPS) is 12.7. The van der Waals surface area contributed by atoms with Crippen LogP contribution in [0.4, 0.5) is 0 Å². The molecule has 0 rings (SSSR count). The maximum Gasteiger partial charge on any atom is 0.329 e. The Morgan fingerprint density at radius 1 is 1.43 bits per heavy atom. The predicted molar refractivity (Wildman–Crippen MR) is 48.9 cm³/mol. The fourth-order valence-corrected chi connectivity index (χ4v) is 0.739. The molecular weight excluding hydrogens is 190 g/mol. The van der Waals surface area contributed by atoms with Crippen LogP contribution in [0.15, 0.2) is 0 Å². The molecule has 0 fully saturated rings. The van der Waals surface area contributed by atoms with Crippen molar-refractivity contribution in [2.45, 2.75) is 13.2 Å². The molecule has 6 nitrogen and oxygen atoms in total. The first kappa shape index (κ1) is 13.3. The van der Waals surface area contributed by atoms with Crippen LogP contribution in [0.3, 0.4) is 0 Å². The fraction of sp³-hybridized carbons (Fsp3) is 0.875. The molecule has 3 N–H and O–H groups in total. The van der Waals surface area contributed by atoms with Crippen molar-refractivity contribution in [2.75, 3.05) is 33.0 Å². The zero-order chi connectivity index (χ0) is 10.8. The summed E-state index contributed by atoms with van der Waals surface area (Å²) in [5.41, 5.74) is 5.47. The third-order valence-corrected chi connectivity index (χ3v) is 1.26. The van der Waals surface area contributed by atoms with Crippen molar-refractivity contribution in [3.63, 3.8) is 0 Å². The highest BCUT2D eigenvalue weighted by Gasteiger charge is 2.00. The Balaban J connectivity index is 3.09. The van der Waals surface area contributed by atoms with Gasteiger partial charge < -0.3 is 25.1 Å². The highest BCUT2D eigenvalue weighted by Crippen LogP contribution is 1.85. The maximum atomic E-state index is 10.0. The lowest BCUT2D eigenvalue weighted by atomic mass is 10.6. The average Bonchev–Trinajstić information content (AvgIpc) is 2.11. The van der Waals surface area contributed by atoms with E-state index in [4.69, 9.17) is 25.1 Å². The van der Waals surface area contributed by atoms with E-state index in [9.17, 15) is 4.79 Å². The van der Waals surface area contributed by atoms with Gasteiger partial charge in [-0.3, -0.25) is 0 Å². The molecule has 0 aromatic carbocycles. The second-order valence-corrected chi connectivity index (χ2v) is 2.52. The molecule has 14 heavy (non-hydrogen) atoms. The second kappa shape index (κ2) is 8.89. The van der Waals surface area contributed by atoms with E-state index in [0.29, 0.717) is 13.2 Å². The first-order valence-electron chi connectivity index (χ1n) is 4.41. The number of rotatable bonds is 9. The number of aliphatic carboxylic acids is 1. The summed E-state index contributed by atoms with van der Waals surface area (Å²) >= 11 is 0. The van der Waals surface area contributed by atoms with Crippen molar-refractivity contribution in [3.8, 4) is 0 Å². The molecule has 0 aliphatic heterocycles. The second-order valence-electron chi connectivity index (χ2n) is 2.52. The summed E-state index contributed by atoms with van der Waals surface area (Å²) in [6, 6.07) is 0. The molecule has 0 saturated heterocycles. The summed E-state index contributed by atoms with van der Waals surface area (Å²) in [7, 11) is 0. The van der Waals surface area contributed by atoms with Crippen molar-refractivity contribution < 1.29 is 24.1 Å². The molecule has 0 spiro atoms. The molecule has 1 unspecified atom stereocenters. The van der Waals surface area contributed by atoms with Crippen LogP contribution in [0.5, 0.6) is 0 Å². The quantitative estimate of drug-likeness (QED) is 0.388. The van der Waals surface area contributed by atoms with Crippen molar-refractivity contribution in [1.82, 2.24) is 0 Å². The minimum atomic E-state index is -0.990. The Labute approximate surface area is 82.9 Å². The summed E-state index contributed by atoms with van der Waals surface area (Å²) in [5, 5.41) is 8.22. The topological polar surface area (TPSA) is 91.0 Å². The summed E-state index contributed by atoms with van der Waals surface area (Å²) in [5.74, 6) is -0.990. The lowest BCUT2D eigenvalue weighted by Crippen LogP contribution is -2.30. The molecular formula is C8H17NO5. The molecule has 0 aromatic rings. The van der Waals surface area contributed by atoms with Gasteiger partial charge in [0.05, 0.1) is 19.8 Å². The van der Waals surface area contributed by atoms with E-state index in [2.05, 4.69) is 0 Å². The van der Waals surface area contributed by atoms with E-state index < -0.39 is 12.2 Å². The van der Waals surface area contributed by atoms with E-state index in [0.717, 1.165) is 0 Å². The predicted octanol–water partition coefficient (Wildman–Crippen LogP) is -0.574. The molecule has 0 radical (unpaired) electrons. The number of ether oxygens (including phenoxy) is 3. The number of hydrogen-bond acceptors (Lipinski definition) is 5. The van der Waals surface area contributed by atoms with Crippen molar-refractivity contribution in [1.29, 1.82) is 0 Å². The number of carbonyl (C=O) groups is 1. The number of carboxylic acids is 1. The van der Waals surface area contributed by atoms with Gasteiger partial charge in [0.15, 0.2) is 0 Å². The van der Waals surface area contributed by atoms with Crippen LogP contribution in [0, 0.1) is 0 Å². The van der Waals surface area contributed by atoms with Crippen LogP contribution in [0.2, 0.25) is 0 Å². The average molecular weight is 207 g/mol. The first-order valence-corrected chi connectivity index (χ1v) is 4.41. The lowest BCUT2D eigenvalue weighted by Gasteiger charge is -2.11. The number of hydrogen-bond donors (Lipinski definition) is 2. The highest BCUT2D eigenvalue weighted by molar-refractivity contribution is 5.67. The van der Waals surface area contributed by atoms with Crippen molar-refractivity contribution >= 4 is 5.97 Å². The van der Waals surface area contributed by atoms with E-state index in [1.54, 1.807) is 0 Å². The van der Waals surface area contributed by atoms with Crippen LogP contribution in [0.25, 0.3) is 0 Å². The van der Waals surface area contributed by atoms with Gasteiger partial charge in [-0.2, -0.15) is 0 Å². The number of nitrogens with two attached hydrogens (primary N) is 1. The molecule has 0 heterocycles. The fourth-order valence-electron chi connectivity index (χ4n) is 0.739. The van der Waals surface area contributed by atoms with Gasteiger partial charge in [0, 0.05) is 6.61 Å². The van der Waals surface area contributed by atoms with E-state index in [-0.39, 0.29) is 19.8 Å². The molecule has 0 aromatic heterocycles. The largest absolute Gasteiger partial charge is 0.480 e. The minimum Gasteiger partial charge on any atom is -0.480 e. The van der Waals surface area contributed by atoms with Crippen molar-refractivity contribution in [3.05, 3.63) is 0 Å². The molecule has 0 bridgehead atoms. The molecule has 0 aliphatic rings. The Morgan fingerprint density at radius 3 is 2.64 bits per heavy atom. The zero-order valence-corrected chi connectivity index (χ0v) is 8.27. The molecule has 84 valence electrons. The van der Waals surface area contributed by atoms with Gasteiger partial charge in [-0.1, -0.05) is 0 Å². The smallest absolute Gasteiger partial charge is 0.329 e. The van der Waals surface area contributed by atoms with Gasteiger partial charge in [-0.15, -0.1) is 0 Å². The third-order valence-electron chi connectivity index (χ3n) is 1.26. The number of carboxylic acid groups (broad SMARTS) is 1. The Kier molecular flexibility index (Phi) is 8.45. The van der Waals surface area contributed by atoms with Gasteiger partial charge in [0.2, 0.25) is 0 Å².